The molecule has 9 heteroatoms. The highest BCUT2D eigenvalue weighted by molar-refractivity contribution is 7.99. The van der Waals surface area contributed by atoms with E-state index in [-0.39, 0.29) is 5.82 Å². The van der Waals surface area contributed by atoms with Crippen LogP contribution in [0.15, 0.2) is 64.4 Å². The lowest BCUT2D eigenvalue weighted by atomic mass is 9.99. The monoisotopic (exact) mass is 528 g/mol. The number of rotatable bonds is 7. The second kappa shape index (κ2) is 10.7. The first-order valence-electron chi connectivity index (χ1n) is 12.9. The molecule has 4 heterocycles. The molecule has 5 aromatic rings. The SMILES string of the molecule is Cc1cc(-c2ccc3c(c2)CCN(CCCSc2nnc(-c4ccc(F)c5ncccc45)n2C)CC3)no1. The van der Waals surface area contributed by atoms with Crippen LogP contribution in [0.4, 0.5) is 4.39 Å². The van der Waals surface area contributed by atoms with E-state index in [1.165, 1.54) is 17.2 Å². The number of hydrogen-bond acceptors (Lipinski definition) is 7. The van der Waals surface area contributed by atoms with Gasteiger partial charge >= 0.3 is 0 Å². The van der Waals surface area contributed by atoms with Crippen molar-refractivity contribution in [3.05, 3.63) is 77.4 Å². The van der Waals surface area contributed by atoms with Gasteiger partial charge in [0, 0.05) is 54.7 Å². The first-order chi connectivity index (χ1) is 18.6. The third kappa shape index (κ3) is 4.96. The summed E-state index contributed by atoms with van der Waals surface area (Å²) in [6.07, 6.45) is 4.77. The van der Waals surface area contributed by atoms with E-state index in [4.69, 9.17) is 4.52 Å². The van der Waals surface area contributed by atoms with Gasteiger partial charge in [-0.15, -0.1) is 10.2 Å². The molecular formula is C29H29FN6OS. The molecule has 1 aliphatic rings. The summed E-state index contributed by atoms with van der Waals surface area (Å²) in [6, 6.07) is 15.6. The number of thioether (sulfide) groups is 1. The molecule has 0 aliphatic carbocycles. The fourth-order valence-corrected chi connectivity index (χ4v) is 5.95. The number of hydrogen-bond donors (Lipinski definition) is 0. The Labute approximate surface area is 225 Å². The topological polar surface area (TPSA) is 72.9 Å². The molecule has 0 saturated heterocycles. The zero-order valence-corrected chi connectivity index (χ0v) is 22.3. The molecule has 1 aliphatic heterocycles. The number of pyridine rings is 1. The average Bonchev–Trinajstić information content (AvgIpc) is 3.47. The van der Waals surface area contributed by atoms with Crippen molar-refractivity contribution in [2.45, 2.75) is 31.3 Å². The second-order valence-corrected chi connectivity index (χ2v) is 10.8. The van der Waals surface area contributed by atoms with Crippen molar-refractivity contribution < 1.29 is 8.91 Å². The minimum atomic E-state index is -0.330. The van der Waals surface area contributed by atoms with E-state index in [1.807, 2.05) is 36.7 Å². The van der Waals surface area contributed by atoms with Crippen LogP contribution in [0.1, 0.15) is 23.3 Å². The van der Waals surface area contributed by atoms with Crippen LogP contribution in [-0.2, 0) is 19.9 Å². The molecule has 7 nitrogen and oxygen atoms in total. The summed E-state index contributed by atoms with van der Waals surface area (Å²) in [5.74, 6) is 2.17. The maximum Gasteiger partial charge on any atom is 0.191 e. The van der Waals surface area contributed by atoms with E-state index in [0.29, 0.717) is 5.52 Å². The van der Waals surface area contributed by atoms with Gasteiger partial charge in [0.1, 0.15) is 22.8 Å². The number of nitrogens with zero attached hydrogens (tertiary/aromatic N) is 6. The van der Waals surface area contributed by atoms with Crippen LogP contribution in [0.2, 0.25) is 0 Å². The third-order valence-corrected chi connectivity index (χ3v) is 8.28. The van der Waals surface area contributed by atoms with Gasteiger partial charge in [0.05, 0.1) is 0 Å². The number of halogens is 1. The van der Waals surface area contributed by atoms with Gasteiger partial charge in [0.15, 0.2) is 11.0 Å². The molecule has 0 N–H and O–H groups in total. The maximum atomic E-state index is 14.2. The Kier molecular flexibility index (Phi) is 6.95. The zero-order valence-electron chi connectivity index (χ0n) is 21.5. The molecule has 0 amide bonds. The normalized spacial score (nSPS) is 14.1. The van der Waals surface area contributed by atoms with Crippen LogP contribution in [0.3, 0.4) is 0 Å². The molecule has 194 valence electrons. The lowest BCUT2D eigenvalue weighted by Gasteiger charge is -2.19. The lowest BCUT2D eigenvalue weighted by molar-refractivity contribution is 0.289. The first kappa shape index (κ1) is 24.8. The second-order valence-electron chi connectivity index (χ2n) is 9.71. The Hall–Kier alpha value is -3.56. The quantitative estimate of drug-likeness (QED) is 0.198. The highest BCUT2D eigenvalue weighted by Crippen LogP contribution is 2.30. The van der Waals surface area contributed by atoms with Crippen LogP contribution >= 0.6 is 11.8 Å². The van der Waals surface area contributed by atoms with E-state index < -0.39 is 0 Å². The Morgan fingerprint density at radius 2 is 1.89 bits per heavy atom. The smallest absolute Gasteiger partial charge is 0.191 e. The summed E-state index contributed by atoms with van der Waals surface area (Å²) < 4.78 is 21.5. The van der Waals surface area contributed by atoms with Crippen molar-refractivity contribution in [1.82, 2.24) is 29.8 Å². The van der Waals surface area contributed by atoms with E-state index in [2.05, 4.69) is 43.4 Å². The average molecular weight is 529 g/mol. The summed E-state index contributed by atoms with van der Waals surface area (Å²) in [7, 11) is 1.96. The molecular weight excluding hydrogens is 499 g/mol. The Balaban J connectivity index is 1.05. The third-order valence-electron chi connectivity index (χ3n) is 7.17. The minimum Gasteiger partial charge on any atom is -0.361 e. The highest BCUT2D eigenvalue weighted by Gasteiger charge is 2.18. The van der Waals surface area contributed by atoms with Crippen LogP contribution in [-0.4, -0.2) is 55.2 Å². The predicted octanol–water partition coefficient (Wildman–Crippen LogP) is 5.72. The van der Waals surface area contributed by atoms with Crippen molar-refractivity contribution in [2.75, 3.05) is 25.4 Å². The molecule has 0 atom stereocenters. The molecule has 6 rings (SSSR count). The molecule has 38 heavy (non-hydrogen) atoms. The van der Waals surface area contributed by atoms with Crippen molar-refractivity contribution in [3.63, 3.8) is 0 Å². The van der Waals surface area contributed by atoms with Crippen molar-refractivity contribution >= 4 is 22.7 Å². The minimum absolute atomic E-state index is 0.330. The van der Waals surface area contributed by atoms with Crippen LogP contribution in [0.25, 0.3) is 33.5 Å². The van der Waals surface area contributed by atoms with Gasteiger partial charge in [-0.3, -0.25) is 4.98 Å². The molecule has 0 unspecified atom stereocenters. The Morgan fingerprint density at radius 1 is 1.03 bits per heavy atom. The molecule has 0 spiro atoms. The molecule has 0 saturated carbocycles. The fourth-order valence-electron chi connectivity index (χ4n) is 5.12. The van der Waals surface area contributed by atoms with Gasteiger partial charge in [-0.1, -0.05) is 35.1 Å². The lowest BCUT2D eigenvalue weighted by Crippen LogP contribution is -2.27. The summed E-state index contributed by atoms with van der Waals surface area (Å²) in [5, 5.41) is 14.6. The molecule has 3 aromatic heterocycles. The van der Waals surface area contributed by atoms with E-state index in [1.54, 1.807) is 24.0 Å². The van der Waals surface area contributed by atoms with Crippen LogP contribution < -0.4 is 0 Å². The fraction of sp³-hybridized carbons (Fsp3) is 0.310. The summed E-state index contributed by atoms with van der Waals surface area (Å²) in [6.45, 7) is 5.10. The Morgan fingerprint density at radius 3 is 2.74 bits per heavy atom. The molecule has 0 fully saturated rings. The number of aromatic nitrogens is 5. The van der Waals surface area contributed by atoms with Gasteiger partial charge in [0.2, 0.25) is 0 Å². The van der Waals surface area contributed by atoms with Crippen molar-refractivity contribution in [1.29, 1.82) is 0 Å². The van der Waals surface area contributed by atoms with Crippen LogP contribution in [0.5, 0.6) is 0 Å². The number of aryl methyl sites for hydroxylation is 1. The Bertz CT molecular complexity index is 1600. The summed E-state index contributed by atoms with van der Waals surface area (Å²) in [5.41, 5.74) is 6.06. The number of benzene rings is 2. The summed E-state index contributed by atoms with van der Waals surface area (Å²) >= 11 is 1.71. The van der Waals surface area contributed by atoms with E-state index in [0.717, 1.165) is 83.6 Å². The van der Waals surface area contributed by atoms with Gasteiger partial charge in [-0.05, 0) is 68.1 Å². The summed E-state index contributed by atoms with van der Waals surface area (Å²) in [4.78, 5) is 6.75. The van der Waals surface area contributed by atoms with Crippen molar-refractivity contribution in [3.8, 4) is 22.6 Å². The van der Waals surface area contributed by atoms with Crippen LogP contribution in [0, 0.1) is 12.7 Å². The van der Waals surface area contributed by atoms with E-state index >= 15 is 0 Å². The largest absolute Gasteiger partial charge is 0.361 e. The van der Waals surface area contributed by atoms with Gasteiger partial charge in [-0.25, -0.2) is 4.39 Å². The van der Waals surface area contributed by atoms with Gasteiger partial charge in [-0.2, -0.15) is 0 Å². The number of fused-ring (bicyclic) bond motifs is 2. The highest BCUT2D eigenvalue weighted by atomic mass is 32.2. The van der Waals surface area contributed by atoms with E-state index in [9.17, 15) is 4.39 Å². The molecule has 0 radical (unpaired) electrons. The maximum absolute atomic E-state index is 14.2. The van der Waals surface area contributed by atoms with Crippen molar-refractivity contribution in [2.24, 2.45) is 7.05 Å². The predicted molar refractivity (Wildman–Crippen MR) is 148 cm³/mol. The first-order valence-corrected chi connectivity index (χ1v) is 13.9. The standard InChI is InChI=1S/C29H29FN6OS/c1-19-17-26(34-37-19)22-7-6-20-10-14-36(15-11-21(20)18-22)13-4-16-38-29-33-32-28(35(29)2)24-8-9-25(30)27-23(24)5-3-12-31-27/h3,5-9,12,17-18H,4,10-11,13-16H2,1-2H3. The van der Waals surface area contributed by atoms with Gasteiger partial charge in [0.25, 0.3) is 0 Å². The molecule has 0 bridgehead atoms. The molecule has 2 aromatic carbocycles. The zero-order chi connectivity index (χ0) is 26.1. The van der Waals surface area contributed by atoms with Gasteiger partial charge < -0.3 is 14.0 Å².